The lowest BCUT2D eigenvalue weighted by atomic mass is 10.2. The van der Waals surface area contributed by atoms with Crippen LogP contribution in [0.15, 0.2) is 24.3 Å². The first-order chi connectivity index (χ1) is 11.3. The van der Waals surface area contributed by atoms with Crippen molar-refractivity contribution >= 4 is 11.6 Å². The van der Waals surface area contributed by atoms with Crippen molar-refractivity contribution < 1.29 is 14.3 Å². The number of carbonyl (C=O) groups is 1. The molecule has 0 aliphatic rings. The molecule has 0 bridgehead atoms. The topological polar surface area (TPSA) is 59.6 Å². The van der Waals surface area contributed by atoms with E-state index in [1.165, 1.54) is 25.7 Å². The van der Waals surface area contributed by atoms with E-state index in [1.54, 1.807) is 7.11 Å². The predicted molar refractivity (Wildman–Crippen MR) is 94.1 cm³/mol. The lowest BCUT2D eigenvalue weighted by Crippen LogP contribution is -2.30. The largest absolute Gasteiger partial charge is 0.494 e. The molecule has 0 fully saturated rings. The second-order valence-electron chi connectivity index (χ2n) is 5.50. The summed E-state index contributed by atoms with van der Waals surface area (Å²) in [5, 5.41) is 5.84. The molecule has 5 nitrogen and oxygen atoms in total. The summed E-state index contributed by atoms with van der Waals surface area (Å²) in [6.07, 6.45) is 6.15. The van der Waals surface area contributed by atoms with Crippen LogP contribution in [0.1, 0.15) is 39.0 Å². The normalized spacial score (nSPS) is 10.5. The minimum Gasteiger partial charge on any atom is -0.494 e. The molecular weight excluding hydrogens is 292 g/mol. The SMILES string of the molecule is CCCCCCCOc1ccc(NC(=O)CNCCOC)cc1. The van der Waals surface area contributed by atoms with E-state index in [4.69, 9.17) is 9.47 Å². The van der Waals surface area contributed by atoms with Crippen LogP contribution in [-0.2, 0) is 9.53 Å². The summed E-state index contributed by atoms with van der Waals surface area (Å²) in [6.45, 7) is 4.50. The van der Waals surface area contributed by atoms with Gasteiger partial charge in [0.15, 0.2) is 0 Å². The molecule has 23 heavy (non-hydrogen) atoms. The van der Waals surface area contributed by atoms with Crippen molar-refractivity contribution in [2.45, 2.75) is 39.0 Å². The van der Waals surface area contributed by atoms with Crippen molar-refractivity contribution in [1.82, 2.24) is 5.32 Å². The maximum Gasteiger partial charge on any atom is 0.238 e. The van der Waals surface area contributed by atoms with Crippen molar-refractivity contribution in [2.24, 2.45) is 0 Å². The maximum absolute atomic E-state index is 11.7. The molecule has 0 aliphatic carbocycles. The Morgan fingerprint density at radius 3 is 2.48 bits per heavy atom. The fraction of sp³-hybridized carbons (Fsp3) is 0.611. The van der Waals surface area contributed by atoms with Gasteiger partial charge in [0.2, 0.25) is 5.91 Å². The number of methoxy groups -OCH3 is 1. The number of benzene rings is 1. The van der Waals surface area contributed by atoms with Gasteiger partial charge in [-0.05, 0) is 30.7 Å². The van der Waals surface area contributed by atoms with Gasteiger partial charge in [-0.1, -0.05) is 32.6 Å². The van der Waals surface area contributed by atoms with E-state index in [1.807, 2.05) is 24.3 Å². The molecule has 1 amide bonds. The number of hydrogen-bond donors (Lipinski definition) is 2. The van der Waals surface area contributed by atoms with Crippen LogP contribution in [0, 0.1) is 0 Å². The fourth-order valence-corrected chi connectivity index (χ4v) is 2.11. The zero-order chi connectivity index (χ0) is 16.8. The van der Waals surface area contributed by atoms with Gasteiger partial charge < -0.3 is 20.1 Å². The number of unbranched alkanes of at least 4 members (excludes halogenated alkanes) is 4. The Hall–Kier alpha value is -1.59. The molecule has 0 radical (unpaired) electrons. The average Bonchev–Trinajstić information content (AvgIpc) is 2.56. The molecular formula is C18H30N2O3. The molecule has 0 saturated carbocycles. The number of nitrogens with one attached hydrogen (secondary N) is 2. The van der Waals surface area contributed by atoms with Gasteiger partial charge in [0, 0.05) is 19.3 Å². The number of anilines is 1. The standard InChI is InChI=1S/C18H30N2O3/c1-3-4-5-6-7-13-23-17-10-8-16(9-11-17)20-18(21)15-19-12-14-22-2/h8-11,19H,3-7,12-15H2,1-2H3,(H,20,21). The highest BCUT2D eigenvalue weighted by molar-refractivity contribution is 5.92. The van der Waals surface area contributed by atoms with E-state index >= 15 is 0 Å². The van der Waals surface area contributed by atoms with Crippen LogP contribution in [0.3, 0.4) is 0 Å². The second-order valence-corrected chi connectivity index (χ2v) is 5.50. The fourth-order valence-electron chi connectivity index (χ4n) is 2.11. The average molecular weight is 322 g/mol. The van der Waals surface area contributed by atoms with Crippen LogP contribution < -0.4 is 15.4 Å². The lowest BCUT2D eigenvalue weighted by Gasteiger charge is -2.09. The molecule has 1 aromatic carbocycles. The smallest absolute Gasteiger partial charge is 0.238 e. The van der Waals surface area contributed by atoms with Crippen molar-refractivity contribution in [3.8, 4) is 5.75 Å². The molecule has 0 aromatic heterocycles. The van der Waals surface area contributed by atoms with E-state index in [-0.39, 0.29) is 12.5 Å². The Balaban J connectivity index is 2.18. The van der Waals surface area contributed by atoms with E-state index in [2.05, 4.69) is 17.6 Å². The Morgan fingerprint density at radius 2 is 1.78 bits per heavy atom. The number of amides is 1. The van der Waals surface area contributed by atoms with Gasteiger partial charge in [-0.2, -0.15) is 0 Å². The van der Waals surface area contributed by atoms with Crippen molar-refractivity contribution in [3.05, 3.63) is 24.3 Å². The summed E-state index contributed by atoms with van der Waals surface area (Å²) in [5.74, 6) is 0.780. The van der Waals surface area contributed by atoms with E-state index in [0.717, 1.165) is 24.5 Å². The maximum atomic E-state index is 11.7. The second kappa shape index (κ2) is 12.9. The summed E-state index contributed by atoms with van der Waals surface area (Å²) in [6, 6.07) is 7.50. The first kappa shape index (κ1) is 19.5. The van der Waals surface area contributed by atoms with Gasteiger partial charge in [-0.25, -0.2) is 0 Å². The number of carbonyl (C=O) groups excluding carboxylic acids is 1. The first-order valence-electron chi connectivity index (χ1n) is 8.48. The number of hydrogen-bond acceptors (Lipinski definition) is 4. The van der Waals surface area contributed by atoms with Gasteiger partial charge in [-0.3, -0.25) is 4.79 Å². The summed E-state index contributed by atoms with van der Waals surface area (Å²) in [4.78, 5) is 11.7. The van der Waals surface area contributed by atoms with Gasteiger partial charge in [0.25, 0.3) is 0 Å². The van der Waals surface area contributed by atoms with Gasteiger partial charge >= 0.3 is 0 Å². The molecule has 2 N–H and O–H groups in total. The van der Waals surface area contributed by atoms with Crippen molar-refractivity contribution in [1.29, 1.82) is 0 Å². The molecule has 0 unspecified atom stereocenters. The Bertz CT molecular complexity index is 421. The molecule has 1 aromatic rings. The Morgan fingerprint density at radius 1 is 1.04 bits per heavy atom. The number of rotatable bonds is 13. The zero-order valence-electron chi connectivity index (χ0n) is 14.4. The van der Waals surface area contributed by atoms with Crippen molar-refractivity contribution in [2.75, 3.05) is 38.7 Å². The third kappa shape index (κ3) is 9.92. The molecule has 0 heterocycles. The number of ether oxygens (including phenoxy) is 2. The third-order valence-electron chi connectivity index (χ3n) is 3.42. The summed E-state index contributed by atoms with van der Waals surface area (Å²) >= 11 is 0. The van der Waals surface area contributed by atoms with Gasteiger partial charge in [0.05, 0.1) is 19.8 Å². The first-order valence-corrected chi connectivity index (χ1v) is 8.48. The highest BCUT2D eigenvalue weighted by Gasteiger charge is 2.02. The molecule has 1 rings (SSSR count). The highest BCUT2D eigenvalue weighted by atomic mass is 16.5. The summed E-state index contributed by atoms with van der Waals surface area (Å²) in [7, 11) is 1.64. The molecule has 0 saturated heterocycles. The van der Waals surface area contributed by atoms with Gasteiger partial charge in [-0.15, -0.1) is 0 Å². The van der Waals surface area contributed by atoms with Crippen LogP contribution in [-0.4, -0.2) is 39.3 Å². The molecule has 0 atom stereocenters. The third-order valence-corrected chi connectivity index (χ3v) is 3.42. The summed E-state index contributed by atoms with van der Waals surface area (Å²) in [5.41, 5.74) is 0.777. The molecule has 0 spiro atoms. The van der Waals surface area contributed by atoms with Crippen LogP contribution >= 0.6 is 0 Å². The van der Waals surface area contributed by atoms with Crippen LogP contribution in [0.4, 0.5) is 5.69 Å². The summed E-state index contributed by atoms with van der Waals surface area (Å²) < 4.78 is 10.6. The molecule has 0 aliphatic heterocycles. The Kier molecular flexibility index (Phi) is 10.9. The van der Waals surface area contributed by atoms with Gasteiger partial charge in [0.1, 0.15) is 5.75 Å². The van der Waals surface area contributed by atoms with E-state index < -0.39 is 0 Å². The molecule has 5 heteroatoms. The van der Waals surface area contributed by atoms with Crippen LogP contribution in [0.5, 0.6) is 5.75 Å². The highest BCUT2D eigenvalue weighted by Crippen LogP contribution is 2.16. The lowest BCUT2D eigenvalue weighted by molar-refractivity contribution is -0.115. The minimum atomic E-state index is -0.0642. The minimum absolute atomic E-state index is 0.0642. The van der Waals surface area contributed by atoms with E-state index in [9.17, 15) is 4.79 Å². The van der Waals surface area contributed by atoms with E-state index in [0.29, 0.717) is 13.2 Å². The van der Waals surface area contributed by atoms with Crippen molar-refractivity contribution in [3.63, 3.8) is 0 Å². The van der Waals surface area contributed by atoms with Crippen LogP contribution in [0.25, 0.3) is 0 Å². The Labute approximate surface area is 139 Å². The quantitative estimate of drug-likeness (QED) is 0.548. The predicted octanol–water partition coefficient (Wildman–Crippen LogP) is 3.21. The zero-order valence-corrected chi connectivity index (χ0v) is 14.4. The molecule has 130 valence electrons. The van der Waals surface area contributed by atoms with Crippen LogP contribution in [0.2, 0.25) is 0 Å². The monoisotopic (exact) mass is 322 g/mol.